The third kappa shape index (κ3) is 5.03. The summed E-state index contributed by atoms with van der Waals surface area (Å²) in [6.07, 6.45) is 3.46. The number of rotatable bonds is 5. The van der Waals surface area contributed by atoms with E-state index in [1.165, 1.54) is 11.8 Å². The number of carbonyl (C=O) groups is 1. The number of halogens is 2. The minimum absolute atomic E-state index is 0.0229. The predicted octanol–water partition coefficient (Wildman–Crippen LogP) is 4.36. The molecule has 162 valence electrons. The van der Waals surface area contributed by atoms with E-state index in [1.807, 2.05) is 41.5 Å². The zero-order chi connectivity index (χ0) is 22.0. The SMILES string of the molecule is CC1CN(C(=O)CSc2nnc(-c3cccnc3)n2-c2ccc(Cl)c(Cl)c2)CC(C)O1. The van der Waals surface area contributed by atoms with Gasteiger partial charge in [0.25, 0.3) is 0 Å². The highest BCUT2D eigenvalue weighted by Gasteiger charge is 2.26. The Morgan fingerprint density at radius 1 is 1.16 bits per heavy atom. The molecule has 10 heteroatoms. The standard InChI is InChI=1S/C21H21Cl2N5O2S/c1-13-10-27(11-14(2)30-13)19(29)12-31-21-26-25-20(15-4-3-7-24-9-15)28(21)16-5-6-17(22)18(23)8-16/h3-9,13-14H,10-12H2,1-2H3. The number of thioether (sulfide) groups is 1. The highest BCUT2D eigenvalue weighted by Crippen LogP contribution is 2.31. The van der Waals surface area contributed by atoms with Crippen LogP contribution in [0.25, 0.3) is 17.1 Å². The van der Waals surface area contributed by atoms with E-state index in [-0.39, 0.29) is 23.9 Å². The Bertz CT molecular complexity index is 1070. The molecule has 1 saturated heterocycles. The molecule has 3 aromatic rings. The number of ether oxygens (including phenoxy) is 1. The Labute approximate surface area is 194 Å². The van der Waals surface area contributed by atoms with Crippen LogP contribution >= 0.6 is 35.0 Å². The number of nitrogens with zero attached hydrogens (tertiary/aromatic N) is 5. The topological polar surface area (TPSA) is 73.1 Å². The van der Waals surface area contributed by atoms with Gasteiger partial charge in [0.1, 0.15) is 0 Å². The first-order valence-corrected chi connectivity index (χ1v) is 11.5. The molecule has 4 rings (SSSR count). The van der Waals surface area contributed by atoms with Gasteiger partial charge in [0.05, 0.1) is 33.7 Å². The average molecular weight is 478 g/mol. The summed E-state index contributed by atoms with van der Waals surface area (Å²) in [6, 6.07) is 9.06. The lowest BCUT2D eigenvalue weighted by Gasteiger charge is -2.35. The van der Waals surface area contributed by atoms with Gasteiger partial charge in [0, 0.05) is 31.0 Å². The van der Waals surface area contributed by atoms with E-state index in [0.717, 1.165) is 11.3 Å². The van der Waals surface area contributed by atoms with Gasteiger partial charge in [-0.05, 0) is 44.2 Å². The molecule has 2 atom stereocenters. The summed E-state index contributed by atoms with van der Waals surface area (Å²) in [5.74, 6) is 0.889. The predicted molar refractivity (Wildman–Crippen MR) is 122 cm³/mol. The van der Waals surface area contributed by atoms with Gasteiger partial charge in [-0.3, -0.25) is 14.3 Å². The van der Waals surface area contributed by atoms with E-state index < -0.39 is 0 Å². The van der Waals surface area contributed by atoms with Crippen molar-refractivity contribution in [1.82, 2.24) is 24.6 Å². The van der Waals surface area contributed by atoms with Gasteiger partial charge in [0.2, 0.25) is 5.91 Å². The number of pyridine rings is 1. The summed E-state index contributed by atoms with van der Waals surface area (Å²) in [7, 11) is 0. The van der Waals surface area contributed by atoms with Crippen LogP contribution in [0.4, 0.5) is 0 Å². The monoisotopic (exact) mass is 477 g/mol. The Hall–Kier alpha value is -2.13. The number of amides is 1. The third-order valence-corrected chi connectivity index (χ3v) is 6.46. The van der Waals surface area contributed by atoms with Crippen molar-refractivity contribution in [2.45, 2.75) is 31.2 Å². The Morgan fingerprint density at radius 2 is 1.94 bits per heavy atom. The summed E-state index contributed by atoms with van der Waals surface area (Å²) in [4.78, 5) is 18.8. The molecule has 1 aliphatic rings. The number of morpholine rings is 1. The zero-order valence-corrected chi connectivity index (χ0v) is 19.4. The zero-order valence-electron chi connectivity index (χ0n) is 17.0. The second kappa shape index (κ2) is 9.56. The first-order chi connectivity index (χ1) is 14.9. The highest BCUT2D eigenvalue weighted by atomic mass is 35.5. The van der Waals surface area contributed by atoms with Crippen molar-refractivity contribution >= 4 is 40.9 Å². The van der Waals surface area contributed by atoms with Crippen molar-refractivity contribution in [3.05, 3.63) is 52.8 Å². The van der Waals surface area contributed by atoms with Gasteiger partial charge in [-0.15, -0.1) is 10.2 Å². The fourth-order valence-electron chi connectivity index (χ4n) is 3.50. The van der Waals surface area contributed by atoms with Crippen molar-refractivity contribution in [3.8, 4) is 17.1 Å². The molecule has 0 spiro atoms. The molecule has 31 heavy (non-hydrogen) atoms. The number of benzene rings is 1. The molecule has 0 bridgehead atoms. The maximum atomic E-state index is 12.8. The summed E-state index contributed by atoms with van der Waals surface area (Å²) >= 11 is 13.7. The van der Waals surface area contributed by atoms with Gasteiger partial charge >= 0.3 is 0 Å². The van der Waals surface area contributed by atoms with Gasteiger partial charge in [-0.1, -0.05) is 35.0 Å². The van der Waals surface area contributed by atoms with E-state index in [0.29, 0.717) is 34.1 Å². The number of hydrogen-bond acceptors (Lipinski definition) is 6. The second-order valence-corrected chi connectivity index (χ2v) is 9.08. The number of hydrogen-bond donors (Lipinski definition) is 0. The van der Waals surface area contributed by atoms with Crippen LogP contribution < -0.4 is 0 Å². The van der Waals surface area contributed by atoms with E-state index in [2.05, 4.69) is 15.2 Å². The summed E-state index contributed by atoms with van der Waals surface area (Å²) < 4.78 is 7.59. The molecule has 3 heterocycles. The molecule has 0 radical (unpaired) electrons. The molecule has 0 aliphatic carbocycles. The smallest absolute Gasteiger partial charge is 0.233 e. The molecule has 2 unspecified atom stereocenters. The minimum atomic E-state index is 0.0229. The van der Waals surface area contributed by atoms with Crippen LogP contribution in [-0.2, 0) is 9.53 Å². The normalized spacial score (nSPS) is 18.9. The molecule has 0 saturated carbocycles. The first kappa shape index (κ1) is 22.1. The van der Waals surface area contributed by atoms with Crippen LogP contribution in [0.15, 0.2) is 47.9 Å². The molecule has 1 aromatic carbocycles. The minimum Gasteiger partial charge on any atom is -0.372 e. The van der Waals surface area contributed by atoms with Gasteiger partial charge < -0.3 is 9.64 Å². The van der Waals surface area contributed by atoms with Gasteiger partial charge in [-0.2, -0.15) is 0 Å². The lowest BCUT2D eigenvalue weighted by molar-refractivity contribution is -0.140. The van der Waals surface area contributed by atoms with Gasteiger partial charge in [-0.25, -0.2) is 0 Å². The number of carbonyl (C=O) groups excluding carboxylic acids is 1. The van der Waals surface area contributed by atoms with Crippen molar-refractivity contribution < 1.29 is 9.53 Å². The summed E-state index contributed by atoms with van der Waals surface area (Å²) in [5, 5.41) is 10.2. The lowest BCUT2D eigenvalue weighted by atomic mass is 10.2. The molecule has 1 aliphatic heterocycles. The average Bonchev–Trinajstić information content (AvgIpc) is 3.18. The lowest BCUT2D eigenvalue weighted by Crippen LogP contribution is -2.48. The van der Waals surface area contributed by atoms with Crippen LogP contribution in [0, 0.1) is 0 Å². The van der Waals surface area contributed by atoms with Crippen LogP contribution in [0.2, 0.25) is 10.0 Å². The van der Waals surface area contributed by atoms with E-state index in [9.17, 15) is 4.79 Å². The van der Waals surface area contributed by atoms with E-state index >= 15 is 0 Å². The number of aromatic nitrogens is 4. The van der Waals surface area contributed by atoms with Gasteiger partial charge in [0.15, 0.2) is 11.0 Å². The van der Waals surface area contributed by atoms with Crippen LogP contribution in [-0.4, -0.2) is 61.6 Å². The molecule has 2 aromatic heterocycles. The highest BCUT2D eigenvalue weighted by molar-refractivity contribution is 7.99. The molecule has 0 N–H and O–H groups in total. The first-order valence-electron chi connectivity index (χ1n) is 9.79. The van der Waals surface area contributed by atoms with E-state index in [1.54, 1.807) is 24.5 Å². The molecular weight excluding hydrogens is 457 g/mol. The Morgan fingerprint density at radius 3 is 2.61 bits per heavy atom. The summed E-state index contributed by atoms with van der Waals surface area (Å²) in [5.41, 5.74) is 1.55. The van der Waals surface area contributed by atoms with Crippen LogP contribution in [0.1, 0.15) is 13.8 Å². The fraction of sp³-hybridized carbons (Fsp3) is 0.333. The maximum Gasteiger partial charge on any atom is 0.233 e. The van der Waals surface area contributed by atoms with Crippen molar-refractivity contribution in [1.29, 1.82) is 0 Å². The Kier molecular flexibility index (Phi) is 6.81. The largest absolute Gasteiger partial charge is 0.372 e. The maximum absolute atomic E-state index is 12.8. The fourth-order valence-corrected chi connectivity index (χ4v) is 4.65. The molecule has 7 nitrogen and oxygen atoms in total. The van der Waals surface area contributed by atoms with Crippen LogP contribution in [0.3, 0.4) is 0 Å². The summed E-state index contributed by atoms with van der Waals surface area (Å²) in [6.45, 7) is 5.13. The molecule has 1 amide bonds. The second-order valence-electron chi connectivity index (χ2n) is 7.33. The van der Waals surface area contributed by atoms with E-state index in [4.69, 9.17) is 27.9 Å². The molecule has 1 fully saturated rings. The molecular formula is C21H21Cl2N5O2S. The van der Waals surface area contributed by atoms with Crippen molar-refractivity contribution in [3.63, 3.8) is 0 Å². The van der Waals surface area contributed by atoms with Crippen molar-refractivity contribution in [2.75, 3.05) is 18.8 Å². The van der Waals surface area contributed by atoms with Crippen molar-refractivity contribution in [2.24, 2.45) is 0 Å². The Balaban J connectivity index is 1.62. The quantitative estimate of drug-likeness (QED) is 0.508. The van der Waals surface area contributed by atoms with Crippen LogP contribution in [0.5, 0.6) is 0 Å². The third-order valence-electron chi connectivity index (χ3n) is 4.81.